The highest BCUT2D eigenvalue weighted by atomic mass is 16.6. The Kier molecular flexibility index (Phi) is 7.83. The lowest BCUT2D eigenvalue weighted by Crippen LogP contribution is -2.61. The van der Waals surface area contributed by atoms with Gasteiger partial charge in [-0.05, 0) is 52.4 Å². The molecule has 3 fully saturated rings. The number of likely N-dealkylation sites (tertiary alicyclic amines) is 1. The van der Waals surface area contributed by atoms with Crippen LogP contribution in [0.1, 0.15) is 61.3 Å². The highest BCUT2D eigenvalue weighted by Crippen LogP contribution is 2.65. The monoisotopic (exact) mass is 504 g/mol. The molecular weight excluding hydrogens is 460 g/mol. The Morgan fingerprint density at radius 3 is 2.44 bits per heavy atom. The summed E-state index contributed by atoms with van der Waals surface area (Å²) in [6, 6.07) is -1.54. The maximum absolute atomic E-state index is 14.4. The van der Waals surface area contributed by atoms with Crippen molar-refractivity contribution in [1.29, 1.82) is 0 Å². The first-order valence-electron chi connectivity index (χ1n) is 13.0. The summed E-state index contributed by atoms with van der Waals surface area (Å²) >= 11 is 0. The van der Waals surface area contributed by atoms with Gasteiger partial charge in [-0.3, -0.25) is 14.4 Å². The van der Waals surface area contributed by atoms with E-state index < -0.39 is 46.6 Å². The van der Waals surface area contributed by atoms with Gasteiger partial charge in [0, 0.05) is 12.1 Å². The lowest BCUT2D eigenvalue weighted by molar-refractivity contribution is -0.164. The minimum Gasteiger partial charge on any atom is -0.461 e. The van der Waals surface area contributed by atoms with E-state index in [1.807, 2.05) is 48.5 Å². The molecule has 3 heterocycles. The molecule has 1 N–H and O–H groups in total. The third kappa shape index (κ3) is 4.30. The number of hydrogen-bond acceptors (Lipinski definition) is 6. The van der Waals surface area contributed by atoms with Crippen molar-refractivity contribution in [2.24, 2.45) is 23.7 Å². The number of aliphatic hydroxyl groups excluding tert-OH is 1. The standard InChI is InChI=1S/C28H44N2O6/c1-10-12-29(26(6,7)8)24(33)22-28-15-18(5)27(9,36-28)21(25(34)35-13-11-2)20(28)23(32)30(22)19(16-31)14-17(3)4/h10-11,17-22,31H,1-2,12-16H2,3-9H3/t18?,19-,20+,21+,22?,27-,28?/m1/s1. The molecule has 2 amide bonds. The first-order chi connectivity index (χ1) is 16.7. The number of carbonyl (C=O) groups is 3. The summed E-state index contributed by atoms with van der Waals surface area (Å²) in [5.74, 6) is -2.71. The fraction of sp³-hybridized carbons (Fsp3) is 0.750. The Morgan fingerprint density at radius 2 is 1.94 bits per heavy atom. The summed E-state index contributed by atoms with van der Waals surface area (Å²) in [5.41, 5.74) is -2.67. The molecule has 3 rings (SSSR count). The zero-order valence-electron chi connectivity index (χ0n) is 23.0. The van der Waals surface area contributed by atoms with Crippen molar-refractivity contribution in [1.82, 2.24) is 9.80 Å². The van der Waals surface area contributed by atoms with Gasteiger partial charge in [0.2, 0.25) is 11.8 Å². The molecule has 3 unspecified atom stereocenters. The second-order valence-corrected chi connectivity index (χ2v) is 12.2. The quantitative estimate of drug-likeness (QED) is 0.363. The highest BCUT2D eigenvalue weighted by Gasteiger charge is 2.80. The van der Waals surface area contributed by atoms with Gasteiger partial charge in [-0.2, -0.15) is 0 Å². The molecule has 0 aromatic rings. The van der Waals surface area contributed by atoms with E-state index in [9.17, 15) is 19.5 Å². The molecule has 2 bridgehead atoms. The predicted molar refractivity (Wildman–Crippen MR) is 137 cm³/mol. The Labute approximate surface area is 215 Å². The van der Waals surface area contributed by atoms with E-state index in [1.165, 1.54) is 6.08 Å². The van der Waals surface area contributed by atoms with E-state index in [2.05, 4.69) is 13.2 Å². The van der Waals surface area contributed by atoms with Crippen LogP contribution in [0.5, 0.6) is 0 Å². The number of rotatable bonds is 10. The first-order valence-corrected chi connectivity index (χ1v) is 13.0. The van der Waals surface area contributed by atoms with Crippen molar-refractivity contribution >= 4 is 17.8 Å². The Balaban J connectivity index is 2.20. The second-order valence-electron chi connectivity index (χ2n) is 12.2. The van der Waals surface area contributed by atoms with Crippen molar-refractivity contribution in [2.75, 3.05) is 19.8 Å². The molecule has 0 aliphatic carbocycles. The van der Waals surface area contributed by atoms with E-state index in [4.69, 9.17) is 9.47 Å². The van der Waals surface area contributed by atoms with Gasteiger partial charge < -0.3 is 24.4 Å². The van der Waals surface area contributed by atoms with Gasteiger partial charge in [-0.1, -0.05) is 39.5 Å². The van der Waals surface area contributed by atoms with Crippen LogP contribution in [0, 0.1) is 23.7 Å². The molecule has 0 aromatic carbocycles. The molecular formula is C28H44N2O6. The number of ether oxygens (including phenoxy) is 2. The van der Waals surface area contributed by atoms with Crippen molar-refractivity contribution in [3.05, 3.63) is 25.3 Å². The molecule has 0 radical (unpaired) electrons. The molecule has 3 saturated heterocycles. The van der Waals surface area contributed by atoms with E-state index in [-0.39, 0.29) is 36.9 Å². The number of nitrogens with zero attached hydrogens (tertiary/aromatic N) is 2. The van der Waals surface area contributed by atoms with Crippen molar-refractivity contribution in [3.63, 3.8) is 0 Å². The molecule has 8 heteroatoms. The van der Waals surface area contributed by atoms with E-state index >= 15 is 0 Å². The molecule has 0 saturated carbocycles. The first kappa shape index (κ1) is 28.4. The van der Waals surface area contributed by atoms with E-state index in [1.54, 1.807) is 15.9 Å². The fourth-order valence-corrected chi connectivity index (χ4v) is 6.73. The van der Waals surface area contributed by atoms with Crippen molar-refractivity contribution in [2.45, 2.75) is 90.1 Å². The molecule has 1 spiro atoms. The molecule has 8 nitrogen and oxygen atoms in total. The van der Waals surface area contributed by atoms with Crippen LogP contribution in [0.15, 0.2) is 25.3 Å². The van der Waals surface area contributed by atoms with Crippen molar-refractivity contribution in [3.8, 4) is 0 Å². The third-order valence-corrected chi connectivity index (χ3v) is 8.32. The third-order valence-electron chi connectivity index (χ3n) is 8.32. The van der Waals surface area contributed by atoms with Gasteiger partial charge in [0.25, 0.3) is 0 Å². The van der Waals surface area contributed by atoms with Crippen LogP contribution in [0.2, 0.25) is 0 Å². The van der Waals surface area contributed by atoms with Crippen LogP contribution < -0.4 is 0 Å². The van der Waals surface area contributed by atoms with E-state index in [0.717, 1.165) is 0 Å². The van der Waals surface area contributed by atoms with Gasteiger partial charge in [0.05, 0.1) is 24.2 Å². The van der Waals surface area contributed by atoms with Gasteiger partial charge in [-0.15, -0.1) is 6.58 Å². The molecule has 0 aromatic heterocycles. The van der Waals surface area contributed by atoms with Crippen LogP contribution in [0.3, 0.4) is 0 Å². The molecule has 3 aliphatic rings. The zero-order valence-corrected chi connectivity index (χ0v) is 23.0. The zero-order chi connectivity index (χ0) is 27.2. The number of hydrogen-bond donors (Lipinski definition) is 1. The van der Waals surface area contributed by atoms with Crippen LogP contribution in [-0.2, 0) is 23.9 Å². The SMILES string of the molecule is C=CCOC(=O)[C@@H]1[C@H]2C(=O)N([C@@H](CO)CC(C)C)C(C(=O)N(CC=C)C(C)(C)C)C23CC(C)[C@@]1(C)O3. The minimum absolute atomic E-state index is 0.0313. The Morgan fingerprint density at radius 1 is 1.31 bits per heavy atom. The Hall–Kier alpha value is -2.19. The van der Waals surface area contributed by atoms with E-state index in [0.29, 0.717) is 19.4 Å². The number of esters is 1. The normalized spacial score (nSPS) is 34.0. The van der Waals surface area contributed by atoms with Gasteiger partial charge in [0.1, 0.15) is 24.2 Å². The largest absolute Gasteiger partial charge is 0.461 e. The Bertz CT molecular complexity index is 910. The maximum Gasteiger partial charge on any atom is 0.313 e. The minimum atomic E-state index is -1.19. The number of aliphatic hydroxyl groups is 1. The number of fused-ring (bicyclic) bond motifs is 1. The predicted octanol–water partition coefficient (Wildman–Crippen LogP) is 2.95. The maximum atomic E-state index is 14.4. The van der Waals surface area contributed by atoms with Crippen LogP contribution in [-0.4, -0.2) is 81.3 Å². The number of amides is 2. The average molecular weight is 505 g/mol. The van der Waals surface area contributed by atoms with Gasteiger partial charge in [-0.25, -0.2) is 0 Å². The number of carbonyl (C=O) groups excluding carboxylic acids is 3. The van der Waals surface area contributed by atoms with Gasteiger partial charge >= 0.3 is 5.97 Å². The smallest absolute Gasteiger partial charge is 0.313 e. The average Bonchev–Trinajstić information content (AvgIpc) is 3.29. The lowest BCUT2D eigenvalue weighted by atomic mass is 9.62. The topological polar surface area (TPSA) is 96.4 Å². The van der Waals surface area contributed by atoms with Crippen LogP contribution in [0.4, 0.5) is 0 Å². The second kappa shape index (κ2) is 9.93. The summed E-state index contributed by atoms with van der Waals surface area (Å²) in [4.78, 5) is 45.3. The summed E-state index contributed by atoms with van der Waals surface area (Å²) in [7, 11) is 0. The molecule has 7 atom stereocenters. The van der Waals surface area contributed by atoms with Crippen LogP contribution >= 0.6 is 0 Å². The highest BCUT2D eigenvalue weighted by molar-refractivity contribution is 5.99. The van der Waals surface area contributed by atoms with Gasteiger partial charge in [0.15, 0.2) is 0 Å². The van der Waals surface area contributed by atoms with Crippen LogP contribution in [0.25, 0.3) is 0 Å². The molecule has 36 heavy (non-hydrogen) atoms. The summed E-state index contributed by atoms with van der Waals surface area (Å²) in [6.07, 6.45) is 4.14. The summed E-state index contributed by atoms with van der Waals surface area (Å²) in [5, 5.41) is 10.4. The molecule has 3 aliphatic heterocycles. The summed E-state index contributed by atoms with van der Waals surface area (Å²) in [6.45, 7) is 21.2. The fourth-order valence-electron chi connectivity index (χ4n) is 6.73. The summed E-state index contributed by atoms with van der Waals surface area (Å²) < 4.78 is 12.2. The lowest BCUT2D eigenvalue weighted by Gasteiger charge is -2.43. The molecule has 202 valence electrons. The van der Waals surface area contributed by atoms with Crippen molar-refractivity contribution < 1.29 is 29.0 Å².